The fraction of sp³-hybridized carbons (Fsp3) is 0.562. The van der Waals surface area contributed by atoms with Crippen molar-refractivity contribution in [3.8, 4) is 0 Å². The first-order valence-electron chi connectivity index (χ1n) is 7.26. The Hall–Kier alpha value is -0.883. The molecule has 0 aliphatic carbocycles. The molecule has 124 valence electrons. The summed E-state index contributed by atoms with van der Waals surface area (Å²) in [5, 5.41) is 0.582. The van der Waals surface area contributed by atoms with Crippen LogP contribution >= 0.6 is 11.6 Å². The SMILES string of the molecule is COC(=O)[C@@H](N)[C@@H](O[Si](C)(C)C(C)(C)C)c1cccc(Cl)c1. The number of benzene rings is 1. The van der Waals surface area contributed by atoms with E-state index in [4.69, 9.17) is 26.5 Å². The molecular weight excluding hydrogens is 318 g/mol. The van der Waals surface area contributed by atoms with E-state index in [2.05, 4.69) is 33.9 Å². The predicted molar refractivity (Wildman–Crippen MR) is 92.5 cm³/mol. The highest BCUT2D eigenvalue weighted by Gasteiger charge is 2.42. The molecule has 1 aromatic rings. The summed E-state index contributed by atoms with van der Waals surface area (Å²) in [6.45, 7) is 10.6. The fourth-order valence-electron chi connectivity index (χ4n) is 1.79. The maximum Gasteiger partial charge on any atom is 0.325 e. The zero-order valence-corrected chi connectivity index (χ0v) is 15.9. The van der Waals surface area contributed by atoms with E-state index in [0.29, 0.717) is 5.02 Å². The molecule has 0 fully saturated rings. The molecule has 0 spiro atoms. The van der Waals surface area contributed by atoms with E-state index >= 15 is 0 Å². The van der Waals surface area contributed by atoms with Gasteiger partial charge in [-0.15, -0.1) is 0 Å². The third-order valence-corrected chi connectivity index (χ3v) is 8.90. The van der Waals surface area contributed by atoms with Crippen LogP contribution in [0.3, 0.4) is 0 Å². The number of halogens is 1. The third kappa shape index (κ3) is 4.55. The first kappa shape index (κ1) is 19.2. The largest absolute Gasteiger partial charge is 0.468 e. The molecule has 2 N–H and O–H groups in total. The second-order valence-corrected chi connectivity index (χ2v) is 12.1. The summed E-state index contributed by atoms with van der Waals surface area (Å²) < 4.78 is 11.2. The summed E-state index contributed by atoms with van der Waals surface area (Å²) in [5.74, 6) is -0.497. The second-order valence-electron chi connectivity index (χ2n) is 6.90. The molecule has 0 radical (unpaired) electrons. The van der Waals surface area contributed by atoms with Crippen molar-refractivity contribution in [3.05, 3.63) is 34.9 Å². The van der Waals surface area contributed by atoms with Crippen LogP contribution in [0.25, 0.3) is 0 Å². The molecule has 0 saturated heterocycles. The molecule has 0 aliphatic rings. The van der Waals surface area contributed by atoms with E-state index in [9.17, 15) is 4.79 Å². The molecule has 0 heterocycles. The summed E-state index contributed by atoms with van der Waals surface area (Å²) in [6, 6.07) is 6.36. The highest BCUT2D eigenvalue weighted by atomic mass is 35.5. The predicted octanol–water partition coefficient (Wildman–Crippen LogP) is 3.90. The molecule has 1 rings (SSSR count). The summed E-state index contributed by atoms with van der Waals surface area (Å²) in [4.78, 5) is 11.9. The average Bonchev–Trinajstić information content (AvgIpc) is 2.42. The molecule has 22 heavy (non-hydrogen) atoms. The normalized spacial score (nSPS) is 15.3. The zero-order valence-electron chi connectivity index (χ0n) is 14.1. The number of hydrogen-bond donors (Lipinski definition) is 1. The van der Waals surface area contributed by atoms with Gasteiger partial charge in [0.2, 0.25) is 0 Å². The Morgan fingerprint density at radius 2 is 1.91 bits per heavy atom. The number of ether oxygens (including phenoxy) is 1. The minimum absolute atomic E-state index is 0.000333. The lowest BCUT2D eigenvalue weighted by atomic mass is 10.0. The molecular formula is C16H26ClNO3Si. The van der Waals surface area contributed by atoms with Gasteiger partial charge < -0.3 is 14.9 Å². The molecule has 0 saturated carbocycles. The highest BCUT2D eigenvalue weighted by molar-refractivity contribution is 6.74. The summed E-state index contributed by atoms with van der Waals surface area (Å²) in [5.41, 5.74) is 6.87. The second kappa shape index (κ2) is 7.13. The molecule has 0 bridgehead atoms. The molecule has 0 amide bonds. The van der Waals surface area contributed by atoms with Gasteiger partial charge in [-0.05, 0) is 35.8 Å². The Morgan fingerprint density at radius 1 is 1.32 bits per heavy atom. The van der Waals surface area contributed by atoms with Crippen LogP contribution in [0, 0.1) is 0 Å². The van der Waals surface area contributed by atoms with E-state index in [1.807, 2.05) is 12.1 Å². The Balaban J connectivity index is 3.21. The Labute approximate surface area is 139 Å². The van der Waals surface area contributed by atoms with Gasteiger partial charge in [0.25, 0.3) is 0 Å². The summed E-state index contributed by atoms with van der Waals surface area (Å²) in [7, 11) is -0.797. The van der Waals surface area contributed by atoms with E-state index in [-0.39, 0.29) is 5.04 Å². The van der Waals surface area contributed by atoms with Crippen molar-refractivity contribution in [1.82, 2.24) is 0 Å². The Bertz CT molecular complexity index is 528. The molecule has 6 heteroatoms. The lowest BCUT2D eigenvalue weighted by molar-refractivity contribution is -0.144. The van der Waals surface area contributed by atoms with Crippen LogP contribution in [0.2, 0.25) is 23.2 Å². The van der Waals surface area contributed by atoms with E-state index in [0.717, 1.165) is 5.56 Å². The molecule has 1 aromatic carbocycles. The lowest BCUT2D eigenvalue weighted by Gasteiger charge is -2.40. The first-order valence-corrected chi connectivity index (χ1v) is 10.5. The van der Waals surface area contributed by atoms with Crippen molar-refractivity contribution in [2.45, 2.75) is 51.0 Å². The van der Waals surface area contributed by atoms with Crippen LogP contribution in [0.4, 0.5) is 0 Å². The van der Waals surface area contributed by atoms with Gasteiger partial charge in [0.05, 0.1) is 13.2 Å². The maximum atomic E-state index is 11.9. The van der Waals surface area contributed by atoms with Gasteiger partial charge in [-0.1, -0.05) is 44.5 Å². The molecule has 0 aliphatic heterocycles. The molecule has 0 unspecified atom stereocenters. The first-order chi connectivity index (χ1) is 9.99. The minimum Gasteiger partial charge on any atom is -0.468 e. The van der Waals surface area contributed by atoms with Crippen LogP contribution in [0.5, 0.6) is 0 Å². The van der Waals surface area contributed by atoms with Crippen LogP contribution in [0.1, 0.15) is 32.4 Å². The van der Waals surface area contributed by atoms with Crippen molar-refractivity contribution in [2.75, 3.05) is 7.11 Å². The van der Waals surface area contributed by atoms with Crippen LogP contribution in [0.15, 0.2) is 24.3 Å². The smallest absolute Gasteiger partial charge is 0.325 e. The monoisotopic (exact) mass is 343 g/mol. The number of esters is 1. The van der Waals surface area contributed by atoms with Gasteiger partial charge in [0, 0.05) is 5.02 Å². The highest BCUT2D eigenvalue weighted by Crippen LogP contribution is 2.40. The van der Waals surface area contributed by atoms with Crippen molar-refractivity contribution < 1.29 is 14.0 Å². The minimum atomic E-state index is -2.12. The topological polar surface area (TPSA) is 61.5 Å². The number of carbonyl (C=O) groups excluding carboxylic acids is 1. The lowest BCUT2D eigenvalue weighted by Crippen LogP contribution is -2.48. The van der Waals surface area contributed by atoms with Crippen LogP contribution in [-0.2, 0) is 14.0 Å². The van der Waals surface area contributed by atoms with Crippen molar-refractivity contribution >= 4 is 25.9 Å². The Kier molecular flexibility index (Phi) is 6.21. The van der Waals surface area contributed by atoms with Gasteiger partial charge in [-0.25, -0.2) is 0 Å². The average molecular weight is 344 g/mol. The number of hydrogen-bond acceptors (Lipinski definition) is 4. The number of nitrogens with two attached hydrogens (primary N) is 1. The summed E-state index contributed by atoms with van der Waals surface area (Å²) in [6.07, 6.45) is -0.577. The van der Waals surface area contributed by atoms with E-state index in [1.165, 1.54) is 7.11 Å². The van der Waals surface area contributed by atoms with Gasteiger partial charge in [0.1, 0.15) is 6.04 Å². The number of carbonyl (C=O) groups is 1. The van der Waals surface area contributed by atoms with Crippen molar-refractivity contribution in [3.63, 3.8) is 0 Å². The maximum absolute atomic E-state index is 11.9. The third-order valence-electron chi connectivity index (χ3n) is 4.20. The fourth-order valence-corrected chi connectivity index (χ4v) is 3.26. The van der Waals surface area contributed by atoms with E-state index < -0.39 is 26.4 Å². The molecule has 2 atom stereocenters. The number of methoxy groups -OCH3 is 1. The number of rotatable bonds is 5. The van der Waals surface area contributed by atoms with Gasteiger partial charge >= 0.3 is 5.97 Å². The van der Waals surface area contributed by atoms with Crippen LogP contribution < -0.4 is 5.73 Å². The molecule has 0 aromatic heterocycles. The summed E-state index contributed by atoms with van der Waals surface area (Å²) >= 11 is 6.07. The standard InChI is InChI=1S/C16H26ClNO3Si/c1-16(2,3)22(5,6)21-14(13(18)15(19)20-4)11-8-7-9-12(17)10-11/h7-10,13-14H,18H2,1-6H3/t13-,14-/m0/s1. The van der Waals surface area contributed by atoms with Crippen LogP contribution in [-0.4, -0.2) is 27.4 Å². The van der Waals surface area contributed by atoms with Gasteiger partial charge in [-0.3, -0.25) is 4.79 Å². The van der Waals surface area contributed by atoms with Crippen molar-refractivity contribution in [2.24, 2.45) is 5.73 Å². The van der Waals surface area contributed by atoms with Gasteiger partial charge in [-0.2, -0.15) is 0 Å². The zero-order chi connectivity index (χ0) is 17.1. The molecule has 4 nitrogen and oxygen atoms in total. The van der Waals surface area contributed by atoms with Crippen molar-refractivity contribution in [1.29, 1.82) is 0 Å². The quantitative estimate of drug-likeness (QED) is 0.650. The van der Waals surface area contributed by atoms with E-state index in [1.54, 1.807) is 12.1 Å². The van der Waals surface area contributed by atoms with Gasteiger partial charge in [0.15, 0.2) is 8.32 Å². The Morgan fingerprint density at radius 3 is 2.36 bits per heavy atom.